The number of amides is 1. The van der Waals surface area contributed by atoms with E-state index < -0.39 is 10.0 Å². The van der Waals surface area contributed by atoms with Crippen molar-refractivity contribution in [3.05, 3.63) is 78.4 Å². The Balaban J connectivity index is 1.34. The third-order valence-electron chi connectivity index (χ3n) is 5.76. The second-order valence-corrected chi connectivity index (χ2v) is 9.89. The Morgan fingerprint density at radius 1 is 0.938 bits per heavy atom. The molecule has 3 aromatic rings. The molecule has 0 atom stereocenters. The number of carbonyl (C=O) groups excluding carboxylic acids is 1. The highest BCUT2D eigenvalue weighted by atomic mass is 32.2. The number of ether oxygens (including phenoxy) is 1. The van der Waals surface area contributed by atoms with Crippen LogP contribution < -0.4 is 14.4 Å². The summed E-state index contributed by atoms with van der Waals surface area (Å²) in [5.41, 5.74) is 2.35. The van der Waals surface area contributed by atoms with Gasteiger partial charge in [-0.15, -0.1) is 0 Å². The van der Waals surface area contributed by atoms with Crippen LogP contribution >= 0.6 is 0 Å². The lowest BCUT2D eigenvalue weighted by atomic mass is 10.0. The minimum absolute atomic E-state index is 0.123. The fourth-order valence-corrected chi connectivity index (χ4v) is 4.99. The molecule has 1 fully saturated rings. The number of nitrogens with one attached hydrogen (secondary N) is 1. The van der Waals surface area contributed by atoms with Crippen molar-refractivity contribution in [3.63, 3.8) is 0 Å². The molecular weight excluding hydrogens is 424 g/mol. The van der Waals surface area contributed by atoms with Gasteiger partial charge in [0, 0.05) is 18.2 Å². The summed E-state index contributed by atoms with van der Waals surface area (Å²) in [4.78, 5) is 14.6. The molecule has 1 saturated carbocycles. The average molecular weight is 449 g/mol. The van der Waals surface area contributed by atoms with Gasteiger partial charge in [-0.25, -0.2) is 8.42 Å². The Morgan fingerprint density at radius 2 is 1.66 bits per heavy atom. The maximum absolute atomic E-state index is 12.9. The second kappa shape index (κ2) is 8.31. The summed E-state index contributed by atoms with van der Waals surface area (Å²) in [5.74, 6) is 1.51. The molecule has 5 rings (SSSR count). The van der Waals surface area contributed by atoms with Gasteiger partial charge in [-0.2, -0.15) is 0 Å². The topological polar surface area (TPSA) is 75.7 Å². The van der Waals surface area contributed by atoms with E-state index in [4.69, 9.17) is 4.74 Å². The van der Waals surface area contributed by atoms with E-state index in [9.17, 15) is 13.2 Å². The first-order valence-electron chi connectivity index (χ1n) is 10.8. The molecule has 164 valence electrons. The summed E-state index contributed by atoms with van der Waals surface area (Å²) in [6, 6.07) is 21.0. The van der Waals surface area contributed by atoms with Crippen LogP contribution in [0.1, 0.15) is 24.8 Å². The third-order valence-corrected chi connectivity index (χ3v) is 7.16. The quantitative estimate of drug-likeness (QED) is 0.578. The number of carbonyl (C=O) groups is 1. The lowest BCUT2D eigenvalue weighted by Crippen LogP contribution is -2.36. The number of para-hydroxylation sites is 1. The van der Waals surface area contributed by atoms with Crippen molar-refractivity contribution in [1.82, 2.24) is 0 Å². The normalized spacial score (nSPS) is 15.7. The van der Waals surface area contributed by atoms with E-state index in [0.29, 0.717) is 23.7 Å². The predicted molar refractivity (Wildman–Crippen MR) is 124 cm³/mol. The number of sulfonamides is 1. The molecule has 0 aromatic heterocycles. The van der Waals surface area contributed by atoms with Gasteiger partial charge in [-0.05, 0) is 79.8 Å². The van der Waals surface area contributed by atoms with Gasteiger partial charge >= 0.3 is 0 Å². The smallest absolute Gasteiger partial charge is 0.261 e. The molecule has 1 aliphatic heterocycles. The molecule has 3 aromatic carbocycles. The maximum atomic E-state index is 12.9. The maximum Gasteiger partial charge on any atom is 0.261 e. The highest BCUT2D eigenvalue weighted by molar-refractivity contribution is 7.92. The molecule has 7 heteroatoms. The Bertz CT molecular complexity index is 1240. The summed E-state index contributed by atoms with van der Waals surface area (Å²) in [6.07, 6.45) is 3.70. The first-order valence-corrected chi connectivity index (χ1v) is 12.3. The Labute approximate surface area is 187 Å². The molecule has 1 heterocycles. The summed E-state index contributed by atoms with van der Waals surface area (Å²) in [5, 5.41) is 0. The molecule has 0 bridgehead atoms. The number of benzene rings is 3. The van der Waals surface area contributed by atoms with E-state index in [2.05, 4.69) is 4.72 Å². The van der Waals surface area contributed by atoms with Crippen LogP contribution in [0.3, 0.4) is 0 Å². The van der Waals surface area contributed by atoms with Gasteiger partial charge in [0.2, 0.25) is 5.91 Å². The van der Waals surface area contributed by atoms with Gasteiger partial charge < -0.3 is 9.64 Å². The van der Waals surface area contributed by atoms with Crippen LogP contribution in [-0.4, -0.2) is 20.9 Å². The molecule has 0 radical (unpaired) electrons. The highest BCUT2D eigenvalue weighted by Gasteiger charge is 2.35. The molecule has 32 heavy (non-hydrogen) atoms. The fourth-order valence-electron chi connectivity index (χ4n) is 3.94. The monoisotopic (exact) mass is 448 g/mol. The SMILES string of the molecule is O=C(C1CC1)N1CCCc2ccc(NS(=O)(=O)c3ccc(Oc4ccccc4)cc3)cc21. The number of nitrogens with zero attached hydrogens (tertiary/aromatic N) is 1. The lowest BCUT2D eigenvalue weighted by Gasteiger charge is -2.30. The average Bonchev–Trinajstić information content (AvgIpc) is 3.65. The van der Waals surface area contributed by atoms with E-state index in [1.807, 2.05) is 41.3 Å². The summed E-state index contributed by atoms with van der Waals surface area (Å²) in [7, 11) is -3.78. The summed E-state index contributed by atoms with van der Waals surface area (Å²) in [6.45, 7) is 0.682. The van der Waals surface area contributed by atoms with Crippen LogP contribution in [0.2, 0.25) is 0 Å². The standard InChI is InChI=1S/C25H24N2O4S/c28-25(19-8-9-19)27-16-4-5-18-10-11-20(17-24(18)27)26-32(29,30)23-14-12-22(13-15-23)31-21-6-2-1-3-7-21/h1-3,6-7,10-15,17,19,26H,4-5,8-9,16H2. The van der Waals surface area contributed by atoms with Gasteiger partial charge in [0.15, 0.2) is 0 Å². The minimum Gasteiger partial charge on any atom is -0.457 e. The molecule has 0 spiro atoms. The molecule has 6 nitrogen and oxygen atoms in total. The van der Waals surface area contributed by atoms with Gasteiger partial charge in [0.05, 0.1) is 10.6 Å². The van der Waals surface area contributed by atoms with E-state index in [1.54, 1.807) is 24.3 Å². The number of aryl methyl sites for hydroxylation is 1. The van der Waals surface area contributed by atoms with E-state index in [1.165, 1.54) is 12.1 Å². The Hall–Kier alpha value is -3.32. The van der Waals surface area contributed by atoms with Crippen molar-refractivity contribution in [1.29, 1.82) is 0 Å². The first-order chi connectivity index (χ1) is 15.5. The largest absolute Gasteiger partial charge is 0.457 e. The molecule has 1 N–H and O–H groups in total. The van der Waals surface area contributed by atoms with Crippen molar-refractivity contribution in [2.45, 2.75) is 30.6 Å². The molecular formula is C25H24N2O4S. The molecule has 0 saturated heterocycles. The fraction of sp³-hybridized carbons (Fsp3) is 0.240. The van der Waals surface area contributed by atoms with Crippen LogP contribution in [0.4, 0.5) is 11.4 Å². The van der Waals surface area contributed by atoms with Crippen LogP contribution in [0.25, 0.3) is 0 Å². The minimum atomic E-state index is -3.78. The number of hydrogen-bond donors (Lipinski definition) is 1. The van der Waals surface area contributed by atoms with Gasteiger partial charge in [0.25, 0.3) is 10.0 Å². The van der Waals surface area contributed by atoms with Crippen LogP contribution in [0.15, 0.2) is 77.7 Å². The highest BCUT2D eigenvalue weighted by Crippen LogP contribution is 2.37. The molecule has 1 amide bonds. The Morgan fingerprint density at radius 3 is 2.38 bits per heavy atom. The zero-order valence-electron chi connectivity index (χ0n) is 17.5. The summed E-state index contributed by atoms with van der Waals surface area (Å²) < 4.78 is 34.3. The molecule has 2 aliphatic rings. The zero-order valence-corrected chi connectivity index (χ0v) is 18.3. The number of anilines is 2. The lowest BCUT2D eigenvalue weighted by molar-refractivity contribution is -0.119. The van der Waals surface area contributed by atoms with Crippen molar-refractivity contribution in [2.24, 2.45) is 5.92 Å². The number of fused-ring (bicyclic) bond motifs is 1. The zero-order chi connectivity index (χ0) is 22.1. The first kappa shape index (κ1) is 20.6. The van der Waals surface area contributed by atoms with E-state index >= 15 is 0 Å². The van der Waals surface area contributed by atoms with Crippen LogP contribution in [0.5, 0.6) is 11.5 Å². The molecule has 1 aliphatic carbocycles. The summed E-state index contributed by atoms with van der Waals surface area (Å²) >= 11 is 0. The predicted octanol–water partition coefficient (Wildman–Crippen LogP) is 4.97. The molecule has 0 unspecified atom stereocenters. The third kappa shape index (κ3) is 4.34. The van der Waals surface area contributed by atoms with Gasteiger partial charge in [0.1, 0.15) is 11.5 Å². The van der Waals surface area contributed by atoms with Crippen molar-refractivity contribution in [2.75, 3.05) is 16.2 Å². The van der Waals surface area contributed by atoms with E-state index in [-0.39, 0.29) is 16.7 Å². The number of rotatable bonds is 6. The number of hydrogen-bond acceptors (Lipinski definition) is 4. The van der Waals surface area contributed by atoms with Crippen molar-refractivity contribution < 1.29 is 17.9 Å². The Kier molecular flexibility index (Phi) is 5.35. The van der Waals surface area contributed by atoms with Crippen molar-refractivity contribution >= 4 is 27.3 Å². The van der Waals surface area contributed by atoms with Crippen LogP contribution in [0, 0.1) is 5.92 Å². The van der Waals surface area contributed by atoms with Crippen LogP contribution in [-0.2, 0) is 21.2 Å². The second-order valence-electron chi connectivity index (χ2n) is 8.20. The van der Waals surface area contributed by atoms with Gasteiger partial charge in [-0.3, -0.25) is 9.52 Å². The van der Waals surface area contributed by atoms with E-state index in [0.717, 1.165) is 36.9 Å². The van der Waals surface area contributed by atoms with Crippen molar-refractivity contribution in [3.8, 4) is 11.5 Å². The van der Waals surface area contributed by atoms with Gasteiger partial charge in [-0.1, -0.05) is 24.3 Å².